The second kappa shape index (κ2) is 15.2. The van der Waals surface area contributed by atoms with E-state index in [1.165, 1.54) is 4.90 Å². The fourth-order valence-corrected chi connectivity index (χ4v) is 8.65. The van der Waals surface area contributed by atoms with Gasteiger partial charge in [-0.05, 0) is 64.9 Å². The molecule has 13 nitrogen and oxygen atoms in total. The standard InChI is InChI=1S/C37H47F2N5O8S/c1-4-24-25-14-11-12-15-26(25)40-29(31(38)39)30(24)52-23-19-28-32(45)42-37(34(47)43-53(49,50)36(3)17-18-36)20-22(37)13-9-7-6-8-10-16-27(33(46)44(28)21-23)41-35(48)51-5-2/h9,11-15,22-23,27-28,31H,4-8,10,16-21H2,1-3H3,(H,41,48)(H,42,45)(H,43,47). The van der Waals surface area contributed by atoms with Crippen molar-refractivity contribution in [3.63, 3.8) is 0 Å². The van der Waals surface area contributed by atoms with Gasteiger partial charge in [0.25, 0.3) is 12.3 Å². The van der Waals surface area contributed by atoms with Gasteiger partial charge in [-0.3, -0.25) is 19.1 Å². The van der Waals surface area contributed by atoms with Crippen molar-refractivity contribution in [3.05, 3.63) is 47.7 Å². The van der Waals surface area contributed by atoms with Crippen LogP contribution in [0.4, 0.5) is 13.6 Å². The fourth-order valence-electron chi connectivity index (χ4n) is 7.34. The Morgan fingerprint density at radius 2 is 1.89 bits per heavy atom. The minimum Gasteiger partial charge on any atom is -0.486 e. The number of hydrogen-bond acceptors (Lipinski definition) is 9. The van der Waals surface area contributed by atoms with Crippen LogP contribution in [0.1, 0.15) is 96.2 Å². The quantitative estimate of drug-likeness (QED) is 0.309. The summed E-state index contributed by atoms with van der Waals surface area (Å²) >= 11 is 0. The van der Waals surface area contributed by atoms with Crippen LogP contribution in [-0.4, -0.2) is 83.7 Å². The third kappa shape index (κ3) is 7.83. The number of alkyl halides is 2. The van der Waals surface area contributed by atoms with Gasteiger partial charge in [0.05, 0.1) is 23.4 Å². The van der Waals surface area contributed by atoms with Crippen LogP contribution < -0.4 is 20.1 Å². The minimum atomic E-state index is -4.04. The number of aryl methyl sites for hydroxylation is 1. The molecular formula is C37H47F2N5O8S. The molecule has 1 aromatic heterocycles. The molecule has 3 fully saturated rings. The maximum absolute atomic E-state index is 14.5. The van der Waals surface area contributed by atoms with E-state index in [0.29, 0.717) is 55.0 Å². The lowest BCUT2D eigenvalue weighted by atomic mass is 10.0. The molecule has 2 aromatic rings. The molecule has 2 saturated carbocycles. The number of pyridine rings is 1. The SMILES string of the molecule is CCOC(=O)NC1CCCCCC=CC2CC2(C(=O)NS(=O)(=O)C2(C)CC2)NC(=O)C2CC(Oc3c(C(F)F)nc4ccccc4c3CC)CN2C1=O. The van der Waals surface area contributed by atoms with E-state index in [2.05, 4.69) is 20.3 Å². The molecule has 5 unspecified atom stereocenters. The van der Waals surface area contributed by atoms with Crippen LogP contribution in [-0.2, 0) is 35.6 Å². The number of alkyl carbamates (subject to hydrolysis) is 1. The maximum atomic E-state index is 14.5. The van der Waals surface area contributed by atoms with E-state index in [1.807, 2.05) is 12.2 Å². The van der Waals surface area contributed by atoms with Gasteiger partial charge in [0.2, 0.25) is 21.8 Å². The molecule has 6 rings (SSSR count). The Bertz CT molecular complexity index is 1900. The summed E-state index contributed by atoms with van der Waals surface area (Å²) in [6, 6.07) is 4.53. The van der Waals surface area contributed by atoms with Crippen molar-refractivity contribution in [2.45, 2.75) is 120 Å². The van der Waals surface area contributed by atoms with Crippen molar-refractivity contribution in [1.29, 1.82) is 0 Å². The Hall–Kier alpha value is -4.34. The number of amides is 4. The van der Waals surface area contributed by atoms with Crippen LogP contribution in [0, 0.1) is 5.92 Å². The van der Waals surface area contributed by atoms with Crippen molar-refractivity contribution in [1.82, 2.24) is 25.2 Å². The van der Waals surface area contributed by atoms with Gasteiger partial charge in [-0.2, -0.15) is 0 Å². The maximum Gasteiger partial charge on any atom is 0.407 e. The molecule has 2 aliphatic carbocycles. The summed E-state index contributed by atoms with van der Waals surface area (Å²) in [6.45, 7) is 4.85. The molecule has 4 aliphatic rings. The Morgan fingerprint density at radius 3 is 2.58 bits per heavy atom. The van der Waals surface area contributed by atoms with Gasteiger partial charge in [-0.25, -0.2) is 27.0 Å². The molecule has 0 radical (unpaired) electrons. The Morgan fingerprint density at radius 1 is 1.13 bits per heavy atom. The molecule has 2 aliphatic heterocycles. The average Bonchev–Trinajstić information content (AvgIpc) is 4.00. The molecule has 1 aromatic carbocycles. The number of fused-ring (bicyclic) bond motifs is 3. The van der Waals surface area contributed by atoms with Crippen molar-refractivity contribution in [3.8, 4) is 5.75 Å². The second-order valence-corrected chi connectivity index (χ2v) is 16.8. The number of rotatable bonds is 9. The lowest BCUT2D eigenvalue weighted by Gasteiger charge is -2.29. The van der Waals surface area contributed by atoms with E-state index >= 15 is 0 Å². The van der Waals surface area contributed by atoms with Crippen LogP contribution in [0.25, 0.3) is 10.9 Å². The zero-order valence-electron chi connectivity index (χ0n) is 30.2. The number of allylic oxidation sites excluding steroid dienone is 1. The first-order valence-electron chi connectivity index (χ1n) is 18.4. The zero-order chi connectivity index (χ0) is 38.1. The van der Waals surface area contributed by atoms with E-state index in [1.54, 1.807) is 45.0 Å². The summed E-state index contributed by atoms with van der Waals surface area (Å²) in [6.07, 6.45) is 3.01. The number of hydrogen-bond donors (Lipinski definition) is 3. The number of halogens is 2. The van der Waals surface area contributed by atoms with Crippen molar-refractivity contribution in [2.75, 3.05) is 13.2 Å². The van der Waals surface area contributed by atoms with Gasteiger partial charge in [-0.15, -0.1) is 0 Å². The van der Waals surface area contributed by atoms with Crippen molar-refractivity contribution in [2.24, 2.45) is 5.92 Å². The lowest BCUT2D eigenvalue weighted by Crippen LogP contribution is -2.58. The number of carbonyl (C=O) groups is 4. The molecule has 3 N–H and O–H groups in total. The number of aromatic nitrogens is 1. The summed E-state index contributed by atoms with van der Waals surface area (Å²) < 4.78 is 67.8. The number of carbonyl (C=O) groups excluding carboxylic acids is 4. The number of nitrogens with zero attached hydrogens (tertiary/aromatic N) is 2. The predicted molar refractivity (Wildman–Crippen MR) is 190 cm³/mol. The monoisotopic (exact) mass is 759 g/mol. The number of benzene rings is 1. The number of para-hydroxylation sites is 1. The number of sulfonamides is 1. The molecule has 53 heavy (non-hydrogen) atoms. The smallest absolute Gasteiger partial charge is 0.407 e. The van der Waals surface area contributed by atoms with Gasteiger partial charge in [0, 0.05) is 23.3 Å². The summed E-state index contributed by atoms with van der Waals surface area (Å²) in [5.41, 5.74) is -1.27. The van der Waals surface area contributed by atoms with Crippen LogP contribution >= 0.6 is 0 Å². The summed E-state index contributed by atoms with van der Waals surface area (Å²) in [4.78, 5) is 60.5. The first-order valence-corrected chi connectivity index (χ1v) is 19.9. The molecule has 16 heteroatoms. The van der Waals surface area contributed by atoms with Gasteiger partial charge in [0.15, 0.2) is 5.75 Å². The normalized spacial score (nSPS) is 27.2. The Balaban J connectivity index is 1.35. The first kappa shape index (κ1) is 38.4. The summed E-state index contributed by atoms with van der Waals surface area (Å²) in [5, 5.41) is 6.06. The molecule has 1 saturated heterocycles. The minimum absolute atomic E-state index is 0.0654. The van der Waals surface area contributed by atoms with E-state index in [-0.39, 0.29) is 38.2 Å². The second-order valence-electron chi connectivity index (χ2n) is 14.6. The number of ether oxygens (including phenoxy) is 2. The highest BCUT2D eigenvalue weighted by Gasteiger charge is 2.63. The third-order valence-electron chi connectivity index (χ3n) is 10.9. The zero-order valence-corrected chi connectivity index (χ0v) is 31.0. The van der Waals surface area contributed by atoms with Gasteiger partial charge in [-0.1, -0.05) is 50.1 Å². The van der Waals surface area contributed by atoms with Crippen LogP contribution in [0.3, 0.4) is 0 Å². The van der Waals surface area contributed by atoms with Crippen molar-refractivity contribution < 1.29 is 45.9 Å². The molecule has 0 spiro atoms. The molecule has 288 valence electrons. The highest BCUT2D eigenvalue weighted by molar-refractivity contribution is 7.91. The van der Waals surface area contributed by atoms with E-state index < -0.39 is 80.3 Å². The average molecular weight is 760 g/mol. The molecule has 5 atom stereocenters. The first-order chi connectivity index (χ1) is 25.2. The van der Waals surface area contributed by atoms with Gasteiger partial charge >= 0.3 is 6.09 Å². The molecule has 0 bridgehead atoms. The van der Waals surface area contributed by atoms with Gasteiger partial charge in [0.1, 0.15) is 29.4 Å². The highest BCUT2D eigenvalue weighted by atomic mass is 32.2. The van der Waals surface area contributed by atoms with E-state index in [4.69, 9.17) is 9.47 Å². The van der Waals surface area contributed by atoms with Crippen LogP contribution in [0.2, 0.25) is 0 Å². The van der Waals surface area contributed by atoms with E-state index in [0.717, 1.165) is 6.42 Å². The molecule has 3 heterocycles. The Labute approximate surface area is 307 Å². The number of nitrogens with one attached hydrogen (secondary N) is 3. The largest absolute Gasteiger partial charge is 0.486 e. The van der Waals surface area contributed by atoms with E-state index in [9.17, 15) is 36.4 Å². The fraction of sp³-hybridized carbons (Fsp3) is 0.595. The van der Waals surface area contributed by atoms with Crippen molar-refractivity contribution >= 4 is 44.7 Å². The third-order valence-corrected chi connectivity index (χ3v) is 13.0. The lowest BCUT2D eigenvalue weighted by molar-refractivity contribution is -0.141. The van der Waals surface area contributed by atoms with Crippen LogP contribution in [0.15, 0.2) is 36.4 Å². The topological polar surface area (TPSA) is 173 Å². The molecule has 4 amide bonds. The summed E-state index contributed by atoms with van der Waals surface area (Å²) in [7, 11) is -4.04. The molecular weight excluding hydrogens is 712 g/mol. The van der Waals surface area contributed by atoms with Crippen LogP contribution in [0.5, 0.6) is 5.75 Å². The van der Waals surface area contributed by atoms with Gasteiger partial charge < -0.3 is 25.0 Å². The Kier molecular flexibility index (Phi) is 11.0. The summed E-state index contributed by atoms with van der Waals surface area (Å²) in [5.74, 6) is -2.82. The predicted octanol–water partition coefficient (Wildman–Crippen LogP) is 4.59. The highest BCUT2D eigenvalue weighted by Crippen LogP contribution is 2.47.